The first-order valence-corrected chi connectivity index (χ1v) is 9.09. The first-order valence-electron chi connectivity index (χ1n) is 9.09. The second kappa shape index (κ2) is 9.82. The molecule has 2 heterocycles. The molecule has 28 heavy (non-hydrogen) atoms. The molecule has 7 nitrogen and oxygen atoms in total. The number of nitriles is 1. The van der Waals surface area contributed by atoms with Crippen LogP contribution in [0.3, 0.4) is 0 Å². The normalized spacial score (nSPS) is 16.1. The van der Waals surface area contributed by atoms with Gasteiger partial charge in [0.15, 0.2) is 11.8 Å². The summed E-state index contributed by atoms with van der Waals surface area (Å²) < 4.78 is 15.9. The molecule has 1 aromatic carbocycles. The average Bonchev–Trinajstić information content (AvgIpc) is 3.10. The standard InChI is InChI=1S/C19H24FN7.HI/c1-12(2)18-25-17-7-5-15(11-27(17)26-18)24-19(22-3)23-10-14-8-13(9-21)4-6-16(14)20;/h4,6,8,12,15H,5,7,10-11H2,1-3H3,(H2,22,23,24);1H. The molecule has 0 aliphatic carbocycles. The highest BCUT2D eigenvalue weighted by Gasteiger charge is 2.23. The number of benzene rings is 1. The summed E-state index contributed by atoms with van der Waals surface area (Å²) in [7, 11) is 1.68. The number of hydrogen-bond acceptors (Lipinski definition) is 4. The molecule has 2 aromatic rings. The van der Waals surface area contributed by atoms with Crippen molar-refractivity contribution in [1.82, 2.24) is 25.4 Å². The van der Waals surface area contributed by atoms with Crippen LogP contribution in [0.5, 0.6) is 0 Å². The van der Waals surface area contributed by atoms with Crippen LogP contribution in [0.4, 0.5) is 4.39 Å². The van der Waals surface area contributed by atoms with E-state index in [1.165, 1.54) is 12.1 Å². The second-order valence-electron chi connectivity index (χ2n) is 6.95. The van der Waals surface area contributed by atoms with Crippen molar-refractivity contribution in [1.29, 1.82) is 5.26 Å². The number of nitrogens with one attached hydrogen (secondary N) is 2. The number of nitrogens with zero attached hydrogens (tertiary/aromatic N) is 5. The number of aromatic nitrogens is 3. The van der Waals surface area contributed by atoms with Crippen LogP contribution in [-0.4, -0.2) is 33.8 Å². The van der Waals surface area contributed by atoms with E-state index in [2.05, 4.69) is 39.6 Å². The lowest BCUT2D eigenvalue weighted by atomic mass is 10.1. The van der Waals surface area contributed by atoms with Gasteiger partial charge in [-0.05, 0) is 24.6 Å². The molecule has 1 aliphatic rings. The molecular weight excluding hydrogens is 472 g/mol. The zero-order valence-electron chi connectivity index (χ0n) is 16.2. The third kappa shape index (κ3) is 5.19. The Morgan fingerprint density at radius 3 is 2.93 bits per heavy atom. The smallest absolute Gasteiger partial charge is 0.191 e. The fraction of sp³-hybridized carbons (Fsp3) is 0.474. The molecule has 1 unspecified atom stereocenters. The van der Waals surface area contributed by atoms with E-state index in [1.807, 2.05) is 10.8 Å². The zero-order valence-corrected chi connectivity index (χ0v) is 18.6. The molecule has 0 bridgehead atoms. The molecule has 0 amide bonds. The molecule has 9 heteroatoms. The second-order valence-corrected chi connectivity index (χ2v) is 6.95. The van der Waals surface area contributed by atoms with E-state index in [0.717, 1.165) is 24.5 Å². The summed E-state index contributed by atoms with van der Waals surface area (Å²) >= 11 is 0. The van der Waals surface area contributed by atoms with Crippen LogP contribution in [-0.2, 0) is 19.5 Å². The van der Waals surface area contributed by atoms with Gasteiger partial charge in [0, 0.05) is 37.5 Å². The zero-order chi connectivity index (χ0) is 19.4. The quantitative estimate of drug-likeness (QED) is 0.385. The van der Waals surface area contributed by atoms with Gasteiger partial charge in [-0.1, -0.05) is 13.8 Å². The maximum absolute atomic E-state index is 13.9. The SMILES string of the molecule is CN=C(NCc1cc(C#N)ccc1F)NC1CCc2nc(C(C)C)nn2C1.I. The van der Waals surface area contributed by atoms with E-state index in [-0.39, 0.29) is 42.4 Å². The molecule has 1 atom stereocenters. The summed E-state index contributed by atoms with van der Waals surface area (Å²) in [6, 6.07) is 6.52. The minimum absolute atomic E-state index is 0. The number of hydrogen-bond donors (Lipinski definition) is 2. The Morgan fingerprint density at radius 2 is 2.25 bits per heavy atom. The molecule has 0 saturated heterocycles. The van der Waals surface area contributed by atoms with Crippen molar-refractivity contribution in [3.8, 4) is 6.07 Å². The highest BCUT2D eigenvalue weighted by molar-refractivity contribution is 14.0. The first kappa shape index (κ1) is 22.1. The monoisotopic (exact) mass is 497 g/mol. The van der Waals surface area contributed by atoms with Crippen molar-refractivity contribution in [3.05, 3.63) is 46.8 Å². The lowest BCUT2D eigenvalue weighted by Gasteiger charge is -2.25. The van der Waals surface area contributed by atoms with Crippen molar-refractivity contribution in [2.45, 2.75) is 51.7 Å². The summed E-state index contributed by atoms with van der Waals surface area (Å²) in [6.07, 6.45) is 1.78. The topological polar surface area (TPSA) is 90.9 Å². The van der Waals surface area contributed by atoms with Crippen LogP contribution in [0.15, 0.2) is 23.2 Å². The summed E-state index contributed by atoms with van der Waals surface area (Å²) in [4.78, 5) is 8.82. The van der Waals surface area contributed by atoms with Crippen LogP contribution in [0.1, 0.15) is 49.0 Å². The van der Waals surface area contributed by atoms with E-state index < -0.39 is 0 Å². The average molecular weight is 497 g/mol. The Hall–Kier alpha value is -2.22. The van der Waals surface area contributed by atoms with Crippen LogP contribution in [0.25, 0.3) is 0 Å². The molecule has 0 saturated carbocycles. The third-order valence-corrected chi connectivity index (χ3v) is 4.58. The van der Waals surface area contributed by atoms with Gasteiger partial charge in [0.2, 0.25) is 0 Å². The lowest BCUT2D eigenvalue weighted by molar-refractivity contribution is 0.391. The van der Waals surface area contributed by atoms with Gasteiger partial charge in [0.05, 0.1) is 18.2 Å². The molecule has 1 aliphatic heterocycles. The van der Waals surface area contributed by atoms with Gasteiger partial charge in [0.1, 0.15) is 11.6 Å². The van der Waals surface area contributed by atoms with Gasteiger partial charge < -0.3 is 10.6 Å². The molecular formula is C19H25FIN7. The summed E-state index contributed by atoms with van der Waals surface area (Å²) in [5.74, 6) is 2.46. The number of aryl methyl sites for hydroxylation is 1. The van der Waals surface area contributed by atoms with E-state index in [4.69, 9.17) is 5.26 Å². The van der Waals surface area contributed by atoms with E-state index in [0.29, 0.717) is 29.5 Å². The third-order valence-electron chi connectivity index (χ3n) is 4.58. The Balaban J connectivity index is 0.00000280. The van der Waals surface area contributed by atoms with E-state index in [9.17, 15) is 4.39 Å². The van der Waals surface area contributed by atoms with Gasteiger partial charge in [0.25, 0.3) is 0 Å². The van der Waals surface area contributed by atoms with Crippen molar-refractivity contribution < 1.29 is 4.39 Å². The van der Waals surface area contributed by atoms with E-state index in [1.54, 1.807) is 13.1 Å². The van der Waals surface area contributed by atoms with Gasteiger partial charge in [-0.2, -0.15) is 10.4 Å². The summed E-state index contributed by atoms with van der Waals surface area (Å²) in [5.41, 5.74) is 0.865. The van der Waals surface area contributed by atoms with Crippen molar-refractivity contribution in [2.75, 3.05) is 7.05 Å². The highest BCUT2D eigenvalue weighted by atomic mass is 127. The van der Waals surface area contributed by atoms with Crippen LogP contribution in [0.2, 0.25) is 0 Å². The maximum Gasteiger partial charge on any atom is 0.191 e. The fourth-order valence-corrected chi connectivity index (χ4v) is 3.04. The number of guanidine groups is 1. The summed E-state index contributed by atoms with van der Waals surface area (Å²) in [6.45, 7) is 5.14. The minimum Gasteiger partial charge on any atom is -0.352 e. The fourth-order valence-electron chi connectivity index (χ4n) is 3.04. The lowest BCUT2D eigenvalue weighted by Crippen LogP contribution is -2.46. The van der Waals surface area contributed by atoms with Crippen LogP contribution < -0.4 is 10.6 Å². The van der Waals surface area contributed by atoms with Gasteiger partial charge in [-0.25, -0.2) is 14.1 Å². The number of fused-ring (bicyclic) bond motifs is 1. The first-order chi connectivity index (χ1) is 13.0. The molecule has 0 fully saturated rings. The predicted octanol–water partition coefficient (Wildman–Crippen LogP) is 2.71. The predicted molar refractivity (Wildman–Crippen MR) is 116 cm³/mol. The van der Waals surface area contributed by atoms with Crippen molar-refractivity contribution in [2.24, 2.45) is 4.99 Å². The van der Waals surface area contributed by atoms with Crippen LogP contribution in [0, 0.1) is 17.1 Å². The Labute approximate surface area is 181 Å². The van der Waals surface area contributed by atoms with Crippen molar-refractivity contribution in [3.63, 3.8) is 0 Å². The highest BCUT2D eigenvalue weighted by Crippen LogP contribution is 2.17. The van der Waals surface area contributed by atoms with Gasteiger partial charge in [-0.15, -0.1) is 24.0 Å². The Bertz CT molecular complexity index is 885. The van der Waals surface area contributed by atoms with Gasteiger partial charge >= 0.3 is 0 Å². The van der Waals surface area contributed by atoms with Crippen molar-refractivity contribution >= 4 is 29.9 Å². The molecule has 150 valence electrons. The maximum atomic E-state index is 13.9. The van der Waals surface area contributed by atoms with Crippen LogP contribution >= 0.6 is 24.0 Å². The number of halogens is 2. The molecule has 2 N–H and O–H groups in total. The molecule has 3 rings (SSSR count). The molecule has 1 aromatic heterocycles. The minimum atomic E-state index is -0.344. The summed E-state index contributed by atoms with van der Waals surface area (Å²) in [5, 5.41) is 20.0. The Kier molecular flexibility index (Phi) is 7.74. The Morgan fingerprint density at radius 1 is 1.46 bits per heavy atom. The largest absolute Gasteiger partial charge is 0.352 e. The van der Waals surface area contributed by atoms with Gasteiger partial charge in [-0.3, -0.25) is 4.99 Å². The number of aliphatic imine (C=N–C) groups is 1. The molecule has 0 spiro atoms. The van der Waals surface area contributed by atoms with E-state index >= 15 is 0 Å². The molecule has 0 radical (unpaired) electrons. The number of rotatable bonds is 4.